The SMILES string of the molecule is CCC(COc1cccc(C(F)(F)F)c1)OC(=O)NCCCc1ccccc1C. The van der Waals surface area contributed by atoms with E-state index in [4.69, 9.17) is 9.47 Å². The molecule has 0 saturated heterocycles. The number of nitrogens with one attached hydrogen (secondary N) is 1. The number of amides is 1. The Morgan fingerprint density at radius 3 is 2.59 bits per heavy atom. The topological polar surface area (TPSA) is 47.6 Å². The first-order valence-corrected chi connectivity index (χ1v) is 9.58. The van der Waals surface area contributed by atoms with Crippen LogP contribution in [0.15, 0.2) is 48.5 Å². The van der Waals surface area contributed by atoms with E-state index in [1.54, 1.807) is 0 Å². The van der Waals surface area contributed by atoms with Gasteiger partial charge < -0.3 is 14.8 Å². The summed E-state index contributed by atoms with van der Waals surface area (Å²) in [6.45, 7) is 4.31. The van der Waals surface area contributed by atoms with Gasteiger partial charge in [-0.25, -0.2) is 4.79 Å². The van der Waals surface area contributed by atoms with Gasteiger partial charge in [-0.3, -0.25) is 0 Å². The Bertz CT molecular complexity index is 793. The summed E-state index contributed by atoms with van der Waals surface area (Å²) in [6, 6.07) is 12.7. The van der Waals surface area contributed by atoms with E-state index in [0.29, 0.717) is 13.0 Å². The van der Waals surface area contributed by atoms with Gasteiger partial charge in [-0.2, -0.15) is 13.2 Å². The standard InChI is InChI=1S/C22H26F3NO3/c1-3-19(15-28-20-12-6-11-18(14-20)22(23,24)25)29-21(27)26-13-7-10-17-9-5-4-8-16(17)2/h4-6,8-9,11-12,14,19H,3,7,10,13,15H2,1-2H3,(H,26,27). The molecular formula is C22H26F3NO3. The maximum Gasteiger partial charge on any atom is 0.416 e. The first-order chi connectivity index (χ1) is 13.8. The van der Waals surface area contributed by atoms with Gasteiger partial charge in [0.05, 0.1) is 5.56 Å². The highest BCUT2D eigenvalue weighted by Gasteiger charge is 2.30. The zero-order valence-electron chi connectivity index (χ0n) is 16.6. The largest absolute Gasteiger partial charge is 0.490 e. The number of carbonyl (C=O) groups is 1. The van der Waals surface area contributed by atoms with Crippen LogP contribution in [-0.2, 0) is 17.3 Å². The van der Waals surface area contributed by atoms with Gasteiger partial charge in [-0.15, -0.1) is 0 Å². The summed E-state index contributed by atoms with van der Waals surface area (Å²) in [7, 11) is 0. The van der Waals surface area contributed by atoms with E-state index in [1.807, 2.05) is 32.0 Å². The maximum absolute atomic E-state index is 12.7. The lowest BCUT2D eigenvalue weighted by Gasteiger charge is -2.18. The smallest absolute Gasteiger partial charge is 0.416 e. The van der Waals surface area contributed by atoms with E-state index >= 15 is 0 Å². The normalized spacial score (nSPS) is 12.3. The number of alkyl carbamates (subject to hydrolysis) is 1. The quantitative estimate of drug-likeness (QED) is 0.554. The highest BCUT2D eigenvalue weighted by atomic mass is 19.4. The predicted molar refractivity (Wildman–Crippen MR) is 105 cm³/mol. The van der Waals surface area contributed by atoms with Crippen LogP contribution in [0.5, 0.6) is 5.75 Å². The van der Waals surface area contributed by atoms with Gasteiger partial charge in [0.1, 0.15) is 18.5 Å². The molecule has 158 valence electrons. The molecule has 2 rings (SSSR count). The average Bonchev–Trinajstić information content (AvgIpc) is 2.69. The molecular weight excluding hydrogens is 383 g/mol. The minimum atomic E-state index is -4.43. The molecule has 2 aromatic rings. The molecule has 1 amide bonds. The van der Waals surface area contributed by atoms with Crippen molar-refractivity contribution in [2.45, 2.75) is 45.4 Å². The van der Waals surface area contributed by atoms with Crippen molar-refractivity contribution in [1.82, 2.24) is 5.32 Å². The lowest BCUT2D eigenvalue weighted by molar-refractivity contribution is -0.137. The molecule has 4 nitrogen and oxygen atoms in total. The minimum absolute atomic E-state index is 0.0194. The Morgan fingerprint density at radius 2 is 1.90 bits per heavy atom. The number of alkyl halides is 3. The number of benzene rings is 2. The van der Waals surface area contributed by atoms with Gasteiger partial charge in [0.25, 0.3) is 0 Å². The van der Waals surface area contributed by atoms with Crippen molar-refractivity contribution in [3.05, 3.63) is 65.2 Å². The summed E-state index contributed by atoms with van der Waals surface area (Å²) in [5, 5.41) is 2.70. The number of hydrogen-bond donors (Lipinski definition) is 1. The Kier molecular flexibility index (Phi) is 8.36. The van der Waals surface area contributed by atoms with Gasteiger partial charge in [0.15, 0.2) is 0 Å². The summed E-state index contributed by atoms with van der Waals surface area (Å²) >= 11 is 0. The van der Waals surface area contributed by atoms with E-state index in [9.17, 15) is 18.0 Å². The molecule has 29 heavy (non-hydrogen) atoms. The van der Waals surface area contributed by atoms with Crippen molar-refractivity contribution in [2.24, 2.45) is 0 Å². The van der Waals surface area contributed by atoms with Crippen molar-refractivity contribution in [3.8, 4) is 5.75 Å². The molecule has 0 spiro atoms. The fourth-order valence-corrected chi connectivity index (χ4v) is 2.74. The minimum Gasteiger partial charge on any atom is -0.490 e. The number of rotatable bonds is 9. The summed E-state index contributed by atoms with van der Waals surface area (Å²) in [6.07, 6.45) is -3.44. The second-order valence-corrected chi connectivity index (χ2v) is 6.73. The summed E-state index contributed by atoms with van der Waals surface area (Å²) < 4.78 is 48.9. The van der Waals surface area contributed by atoms with Crippen LogP contribution in [0.25, 0.3) is 0 Å². The summed E-state index contributed by atoms with van der Waals surface area (Å²) in [5.41, 5.74) is 1.67. The molecule has 0 saturated carbocycles. The number of halogens is 3. The van der Waals surface area contributed by atoms with Gasteiger partial charge >= 0.3 is 12.3 Å². The molecule has 1 N–H and O–H groups in total. The van der Waals surface area contributed by atoms with E-state index in [0.717, 1.165) is 25.0 Å². The maximum atomic E-state index is 12.7. The average molecular weight is 409 g/mol. The van der Waals surface area contributed by atoms with Gasteiger partial charge in [0, 0.05) is 6.54 Å². The fourth-order valence-electron chi connectivity index (χ4n) is 2.74. The first-order valence-electron chi connectivity index (χ1n) is 9.58. The van der Waals surface area contributed by atoms with Gasteiger partial charge in [-0.05, 0) is 55.5 Å². The lowest BCUT2D eigenvalue weighted by atomic mass is 10.0. The van der Waals surface area contributed by atoms with E-state index < -0.39 is 23.9 Å². The number of ether oxygens (including phenoxy) is 2. The van der Waals surface area contributed by atoms with Crippen molar-refractivity contribution in [2.75, 3.05) is 13.2 Å². The molecule has 0 aliphatic rings. The third-order valence-electron chi connectivity index (χ3n) is 4.48. The van der Waals surface area contributed by atoms with Crippen molar-refractivity contribution >= 4 is 6.09 Å². The zero-order valence-corrected chi connectivity index (χ0v) is 16.6. The van der Waals surface area contributed by atoms with Crippen LogP contribution in [0.1, 0.15) is 36.5 Å². The Balaban J connectivity index is 1.73. The van der Waals surface area contributed by atoms with Gasteiger partial charge in [0.2, 0.25) is 0 Å². The van der Waals surface area contributed by atoms with Crippen molar-refractivity contribution in [3.63, 3.8) is 0 Å². The van der Waals surface area contributed by atoms with Gasteiger partial charge in [-0.1, -0.05) is 37.3 Å². The molecule has 0 bridgehead atoms. The van der Waals surface area contributed by atoms with Crippen LogP contribution in [0.3, 0.4) is 0 Å². The predicted octanol–water partition coefficient (Wildman–Crippen LogP) is 5.53. The summed E-state index contributed by atoms with van der Waals surface area (Å²) in [4.78, 5) is 11.9. The molecule has 0 aliphatic heterocycles. The first kappa shape index (κ1) is 22.6. The second-order valence-electron chi connectivity index (χ2n) is 6.73. The van der Waals surface area contributed by atoms with Crippen LogP contribution in [0, 0.1) is 6.92 Å². The third-order valence-corrected chi connectivity index (χ3v) is 4.48. The molecule has 0 radical (unpaired) electrons. The highest BCUT2D eigenvalue weighted by molar-refractivity contribution is 5.67. The Hall–Kier alpha value is -2.70. The van der Waals surface area contributed by atoms with E-state index in [-0.39, 0.29) is 12.4 Å². The molecule has 1 atom stereocenters. The Morgan fingerprint density at radius 1 is 1.14 bits per heavy atom. The molecule has 0 aromatic heterocycles. The highest BCUT2D eigenvalue weighted by Crippen LogP contribution is 2.31. The number of aryl methyl sites for hydroxylation is 2. The molecule has 0 heterocycles. The molecule has 0 aliphatic carbocycles. The van der Waals surface area contributed by atoms with E-state index in [1.165, 1.54) is 23.3 Å². The van der Waals surface area contributed by atoms with Crippen molar-refractivity contribution in [1.29, 1.82) is 0 Å². The van der Waals surface area contributed by atoms with Crippen LogP contribution in [0.2, 0.25) is 0 Å². The molecule has 2 aromatic carbocycles. The fraction of sp³-hybridized carbons (Fsp3) is 0.409. The van der Waals surface area contributed by atoms with Crippen LogP contribution in [0.4, 0.5) is 18.0 Å². The van der Waals surface area contributed by atoms with Crippen LogP contribution >= 0.6 is 0 Å². The van der Waals surface area contributed by atoms with Crippen molar-refractivity contribution < 1.29 is 27.4 Å². The number of carbonyl (C=O) groups excluding carboxylic acids is 1. The third kappa shape index (κ3) is 7.68. The van der Waals surface area contributed by atoms with E-state index in [2.05, 4.69) is 11.4 Å². The zero-order chi connectivity index (χ0) is 21.3. The van der Waals surface area contributed by atoms with Crippen LogP contribution < -0.4 is 10.1 Å². The summed E-state index contributed by atoms with van der Waals surface area (Å²) in [5.74, 6) is 0.0838. The molecule has 1 unspecified atom stereocenters. The molecule has 0 fully saturated rings. The number of hydrogen-bond acceptors (Lipinski definition) is 3. The second kappa shape index (κ2) is 10.7. The monoisotopic (exact) mass is 409 g/mol. The Labute approximate surface area is 169 Å². The molecule has 7 heteroatoms. The lowest BCUT2D eigenvalue weighted by Crippen LogP contribution is -2.32. The van der Waals surface area contributed by atoms with Crippen LogP contribution in [-0.4, -0.2) is 25.3 Å².